The minimum absolute atomic E-state index is 0.281. The summed E-state index contributed by atoms with van der Waals surface area (Å²) >= 11 is 0. The van der Waals surface area contributed by atoms with Crippen LogP contribution in [0, 0.1) is 0 Å². The minimum atomic E-state index is -2.03. The van der Waals surface area contributed by atoms with Crippen molar-refractivity contribution in [2.24, 2.45) is 0 Å². The van der Waals surface area contributed by atoms with E-state index in [0.717, 1.165) is 0 Å². The Morgan fingerprint density at radius 3 is 2.40 bits per heavy atom. The molecule has 0 radical (unpaired) electrons. The van der Waals surface area contributed by atoms with Crippen LogP contribution in [-0.4, -0.2) is 34.4 Å². The first-order chi connectivity index (χ1) is 6.78. The monoisotopic (exact) mass is 232 g/mol. The lowest BCUT2D eigenvalue weighted by Crippen LogP contribution is -2.36. The lowest BCUT2D eigenvalue weighted by atomic mass is 10.3. The molecule has 0 amide bonds. The maximum Gasteiger partial charge on any atom is 0.333 e. The summed E-state index contributed by atoms with van der Waals surface area (Å²) in [7, 11) is -0.410. The van der Waals surface area contributed by atoms with Gasteiger partial charge in [-0.25, -0.2) is 4.79 Å². The van der Waals surface area contributed by atoms with Gasteiger partial charge in [0.1, 0.15) is 6.10 Å². The van der Waals surface area contributed by atoms with Gasteiger partial charge in [0.25, 0.3) is 0 Å². The van der Waals surface area contributed by atoms with Crippen molar-refractivity contribution in [2.45, 2.75) is 33.0 Å². The Morgan fingerprint density at radius 1 is 1.47 bits per heavy atom. The van der Waals surface area contributed by atoms with E-state index in [2.05, 4.69) is 6.58 Å². The summed E-state index contributed by atoms with van der Waals surface area (Å²) < 4.78 is 15.8. The highest BCUT2D eigenvalue weighted by Gasteiger charge is 2.24. The molecule has 0 aromatic carbocycles. The first kappa shape index (κ1) is 14.3. The molecule has 0 bridgehead atoms. The second-order valence-electron chi connectivity index (χ2n) is 3.91. The van der Waals surface area contributed by atoms with Crippen molar-refractivity contribution in [3.63, 3.8) is 0 Å². The summed E-state index contributed by atoms with van der Waals surface area (Å²) in [6, 6.07) is 0. The SMILES string of the molecule is C=C(C)C(=O)OC(C)CO[Si](C)(C)OC. The summed E-state index contributed by atoms with van der Waals surface area (Å²) in [5.41, 5.74) is 0.394. The van der Waals surface area contributed by atoms with Crippen molar-refractivity contribution in [2.75, 3.05) is 13.7 Å². The molecule has 0 saturated heterocycles. The first-order valence-corrected chi connectivity index (χ1v) is 7.65. The summed E-state index contributed by atoms with van der Waals surface area (Å²) in [5.74, 6) is -0.386. The Hall–Kier alpha value is -0.653. The molecule has 0 rings (SSSR count). The van der Waals surface area contributed by atoms with E-state index >= 15 is 0 Å². The van der Waals surface area contributed by atoms with E-state index in [4.69, 9.17) is 13.6 Å². The highest BCUT2D eigenvalue weighted by molar-refractivity contribution is 6.64. The van der Waals surface area contributed by atoms with Crippen LogP contribution in [0.2, 0.25) is 13.1 Å². The van der Waals surface area contributed by atoms with Gasteiger partial charge in [-0.15, -0.1) is 0 Å². The van der Waals surface area contributed by atoms with E-state index in [1.165, 1.54) is 0 Å². The Labute approximate surface area is 92.5 Å². The van der Waals surface area contributed by atoms with E-state index in [9.17, 15) is 4.79 Å². The van der Waals surface area contributed by atoms with Gasteiger partial charge < -0.3 is 13.6 Å². The standard InChI is InChI=1S/C10H20O4Si/c1-8(2)10(11)14-9(3)7-13-15(5,6)12-4/h9H,1,7H2,2-6H3. The highest BCUT2D eigenvalue weighted by atomic mass is 28.4. The van der Waals surface area contributed by atoms with Crippen molar-refractivity contribution >= 4 is 14.5 Å². The molecule has 4 nitrogen and oxygen atoms in total. The third kappa shape index (κ3) is 6.43. The maximum absolute atomic E-state index is 11.2. The fourth-order valence-corrected chi connectivity index (χ4v) is 1.45. The van der Waals surface area contributed by atoms with Crippen LogP contribution in [0.3, 0.4) is 0 Å². The molecule has 0 aromatic heterocycles. The third-order valence-corrected chi connectivity index (χ3v) is 3.66. The van der Waals surface area contributed by atoms with E-state index in [-0.39, 0.29) is 12.1 Å². The van der Waals surface area contributed by atoms with Crippen LogP contribution in [0.15, 0.2) is 12.2 Å². The van der Waals surface area contributed by atoms with Crippen LogP contribution in [0.4, 0.5) is 0 Å². The molecule has 1 atom stereocenters. The zero-order valence-electron chi connectivity index (χ0n) is 10.1. The molecule has 88 valence electrons. The molecule has 15 heavy (non-hydrogen) atoms. The van der Waals surface area contributed by atoms with E-state index in [1.807, 2.05) is 13.1 Å². The minimum Gasteiger partial charge on any atom is -0.457 e. The summed E-state index contributed by atoms with van der Waals surface area (Å²) in [6.45, 7) is 11.1. The van der Waals surface area contributed by atoms with Crippen LogP contribution in [0.1, 0.15) is 13.8 Å². The normalized spacial score (nSPS) is 13.4. The largest absolute Gasteiger partial charge is 0.457 e. The van der Waals surface area contributed by atoms with E-state index in [0.29, 0.717) is 12.2 Å². The zero-order chi connectivity index (χ0) is 12.1. The van der Waals surface area contributed by atoms with Crippen LogP contribution < -0.4 is 0 Å². The number of carbonyl (C=O) groups excluding carboxylic acids is 1. The summed E-state index contributed by atoms with van der Waals surface area (Å²) in [4.78, 5) is 11.2. The molecule has 1 unspecified atom stereocenters. The Morgan fingerprint density at radius 2 is 2.00 bits per heavy atom. The third-order valence-electron chi connectivity index (χ3n) is 1.81. The molecule has 0 spiro atoms. The van der Waals surface area contributed by atoms with Gasteiger partial charge in [-0.05, 0) is 26.9 Å². The second kappa shape index (κ2) is 6.04. The fourth-order valence-electron chi connectivity index (χ4n) is 0.694. The number of carbonyl (C=O) groups is 1. The van der Waals surface area contributed by atoms with Gasteiger partial charge in [0.15, 0.2) is 0 Å². The van der Waals surface area contributed by atoms with Gasteiger partial charge in [-0.2, -0.15) is 0 Å². The van der Waals surface area contributed by atoms with Gasteiger partial charge in [0, 0.05) is 12.7 Å². The fraction of sp³-hybridized carbons (Fsp3) is 0.700. The van der Waals surface area contributed by atoms with Gasteiger partial charge >= 0.3 is 14.5 Å². The van der Waals surface area contributed by atoms with E-state index < -0.39 is 8.56 Å². The van der Waals surface area contributed by atoms with Crippen molar-refractivity contribution in [3.8, 4) is 0 Å². The lowest BCUT2D eigenvalue weighted by Gasteiger charge is -2.22. The van der Waals surface area contributed by atoms with Crippen LogP contribution in [-0.2, 0) is 18.4 Å². The predicted octanol–water partition coefficient (Wildman–Crippen LogP) is 1.86. The Kier molecular flexibility index (Phi) is 5.78. The molecule has 0 heterocycles. The average Bonchev–Trinajstić information content (AvgIpc) is 2.15. The van der Waals surface area contributed by atoms with E-state index in [1.54, 1.807) is 21.0 Å². The lowest BCUT2D eigenvalue weighted by molar-refractivity contribution is -0.145. The van der Waals surface area contributed by atoms with Gasteiger partial charge in [-0.1, -0.05) is 6.58 Å². The predicted molar refractivity (Wildman–Crippen MR) is 60.8 cm³/mol. The average molecular weight is 232 g/mol. The molecular weight excluding hydrogens is 212 g/mol. The maximum atomic E-state index is 11.2. The highest BCUT2D eigenvalue weighted by Crippen LogP contribution is 2.07. The number of hydrogen-bond donors (Lipinski definition) is 0. The molecule has 0 aliphatic heterocycles. The molecular formula is C10H20O4Si. The molecule has 0 aromatic rings. The number of hydrogen-bond acceptors (Lipinski definition) is 4. The van der Waals surface area contributed by atoms with Crippen molar-refractivity contribution in [1.29, 1.82) is 0 Å². The number of esters is 1. The Balaban J connectivity index is 3.90. The Bertz CT molecular complexity index is 238. The van der Waals surface area contributed by atoms with Gasteiger partial charge in [-0.3, -0.25) is 0 Å². The zero-order valence-corrected chi connectivity index (χ0v) is 11.1. The summed E-state index contributed by atoms with van der Waals surface area (Å²) in [6.07, 6.45) is -0.281. The quantitative estimate of drug-likeness (QED) is 0.398. The van der Waals surface area contributed by atoms with Gasteiger partial charge in [0.05, 0.1) is 6.61 Å². The molecule has 0 aliphatic rings. The van der Waals surface area contributed by atoms with Crippen LogP contribution >= 0.6 is 0 Å². The molecule has 0 aliphatic carbocycles. The number of rotatable bonds is 6. The summed E-state index contributed by atoms with van der Waals surface area (Å²) in [5, 5.41) is 0. The number of ether oxygens (including phenoxy) is 1. The van der Waals surface area contributed by atoms with Crippen LogP contribution in [0.25, 0.3) is 0 Å². The molecule has 5 heteroatoms. The van der Waals surface area contributed by atoms with Crippen molar-refractivity contribution < 1.29 is 18.4 Å². The van der Waals surface area contributed by atoms with Gasteiger partial charge in [0.2, 0.25) is 0 Å². The van der Waals surface area contributed by atoms with Crippen molar-refractivity contribution in [1.82, 2.24) is 0 Å². The molecule has 0 N–H and O–H groups in total. The molecule has 0 saturated carbocycles. The molecule has 0 fully saturated rings. The van der Waals surface area contributed by atoms with Crippen LogP contribution in [0.5, 0.6) is 0 Å². The first-order valence-electron chi connectivity index (χ1n) is 4.84. The smallest absolute Gasteiger partial charge is 0.333 e. The second-order valence-corrected chi connectivity index (χ2v) is 7.41. The topological polar surface area (TPSA) is 44.8 Å². The van der Waals surface area contributed by atoms with Crippen molar-refractivity contribution in [3.05, 3.63) is 12.2 Å².